The molecule has 3 nitrogen and oxygen atoms in total. The maximum Gasteiger partial charge on any atom is 0.244 e. The SMILES string of the molecule is CCOc1ccc(/C=C/C(=O)NC(c2cccs2)C(C)C)cc1. The van der Waals surface area contributed by atoms with Gasteiger partial charge in [0.2, 0.25) is 5.91 Å². The summed E-state index contributed by atoms with van der Waals surface area (Å²) in [6.45, 7) is 6.83. The molecule has 0 aliphatic heterocycles. The van der Waals surface area contributed by atoms with Crippen molar-refractivity contribution in [2.24, 2.45) is 5.92 Å². The van der Waals surface area contributed by atoms with Crippen molar-refractivity contribution in [1.82, 2.24) is 5.32 Å². The average Bonchev–Trinajstić information content (AvgIpc) is 3.06. The summed E-state index contributed by atoms with van der Waals surface area (Å²) in [5.41, 5.74) is 0.973. The molecule has 1 aromatic heterocycles. The van der Waals surface area contributed by atoms with Crippen LogP contribution in [-0.4, -0.2) is 12.5 Å². The first-order chi connectivity index (χ1) is 11.1. The third kappa shape index (κ3) is 5.25. The second-order valence-corrected chi connectivity index (χ2v) is 6.56. The lowest BCUT2D eigenvalue weighted by molar-refractivity contribution is -0.117. The minimum Gasteiger partial charge on any atom is -0.494 e. The van der Waals surface area contributed by atoms with E-state index in [1.54, 1.807) is 17.4 Å². The topological polar surface area (TPSA) is 38.3 Å². The Kier molecular flexibility index (Phi) is 6.41. The molecule has 1 unspecified atom stereocenters. The summed E-state index contributed by atoms with van der Waals surface area (Å²) in [5, 5.41) is 5.12. The average molecular weight is 329 g/mol. The van der Waals surface area contributed by atoms with Gasteiger partial charge in [-0.05, 0) is 48.1 Å². The van der Waals surface area contributed by atoms with Crippen molar-refractivity contribution in [2.75, 3.05) is 6.61 Å². The first-order valence-electron chi connectivity index (χ1n) is 7.85. The van der Waals surface area contributed by atoms with E-state index in [1.807, 2.05) is 48.7 Å². The summed E-state index contributed by atoms with van der Waals surface area (Å²) in [5.74, 6) is 1.11. The van der Waals surface area contributed by atoms with Crippen molar-refractivity contribution in [2.45, 2.75) is 26.8 Å². The first kappa shape index (κ1) is 17.3. The van der Waals surface area contributed by atoms with E-state index in [-0.39, 0.29) is 11.9 Å². The zero-order valence-electron chi connectivity index (χ0n) is 13.8. The number of amides is 1. The molecule has 0 spiro atoms. The van der Waals surface area contributed by atoms with Crippen LogP contribution in [0.4, 0.5) is 0 Å². The molecule has 0 radical (unpaired) electrons. The molecule has 4 heteroatoms. The number of benzene rings is 1. The molecule has 2 rings (SSSR count). The van der Waals surface area contributed by atoms with Gasteiger partial charge in [0.15, 0.2) is 0 Å². The molecule has 0 aliphatic carbocycles. The molecule has 1 aromatic carbocycles. The van der Waals surface area contributed by atoms with Gasteiger partial charge in [0.1, 0.15) is 5.75 Å². The van der Waals surface area contributed by atoms with Gasteiger partial charge in [-0.15, -0.1) is 11.3 Å². The predicted molar refractivity (Wildman–Crippen MR) is 96.7 cm³/mol. The Labute approximate surface area is 142 Å². The monoisotopic (exact) mass is 329 g/mol. The van der Waals surface area contributed by atoms with E-state index in [0.29, 0.717) is 12.5 Å². The molecule has 122 valence electrons. The Morgan fingerprint density at radius 1 is 1.26 bits per heavy atom. The highest BCUT2D eigenvalue weighted by Crippen LogP contribution is 2.25. The van der Waals surface area contributed by atoms with Crippen LogP contribution in [0.1, 0.15) is 37.3 Å². The minimum atomic E-state index is -0.0778. The standard InChI is InChI=1S/C19H23NO2S/c1-4-22-16-10-7-15(8-11-16)9-12-18(21)20-19(14(2)3)17-6-5-13-23-17/h5-14,19H,4H2,1-3H3,(H,20,21)/b12-9+. The maximum atomic E-state index is 12.2. The van der Waals surface area contributed by atoms with E-state index in [4.69, 9.17) is 4.74 Å². The highest BCUT2D eigenvalue weighted by molar-refractivity contribution is 7.10. The summed E-state index contributed by atoms with van der Waals surface area (Å²) >= 11 is 1.67. The molecular formula is C19H23NO2S. The maximum absolute atomic E-state index is 12.2. The van der Waals surface area contributed by atoms with Gasteiger partial charge in [-0.1, -0.05) is 32.0 Å². The number of rotatable bonds is 7. The molecule has 0 aliphatic rings. The van der Waals surface area contributed by atoms with E-state index >= 15 is 0 Å². The summed E-state index contributed by atoms with van der Waals surface area (Å²) in [6, 6.07) is 11.8. The van der Waals surface area contributed by atoms with Crippen LogP contribution in [0.2, 0.25) is 0 Å². The van der Waals surface area contributed by atoms with Crippen LogP contribution in [0.5, 0.6) is 5.75 Å². The normalized spacial score (nSPS) is 12.5. The summed E-state index contributed by atoms with van der Waals surface area (Å²) in [7, 11) is 0. The van der Waals surface area contributed by atoms with Crippen molar-refractivity contribution < 1.29 is 9.53 Å². The molecule has 1 atom stereocenters. The Bertz CT molecular complexity index is 630. The lowest BCUT2D eigenvalue weighted by atomic mass is 10.0. The zero-order valence-corrected chi connectivity index (χ0v) is 14.6. The Morgan fingerprint density at radius 3 is 2.57 bits per heavy atom. The second-order valence-electron chi connectivity index (χ2n) is 5.58. The van der Waals surface area contributed by atoms with E-state index in [0.717, 1.165) is 11.3 Å². The Hall–Kier alpha value is -2.07. The van der Waals surface area contributed by atoms with Crippen LogP contribution in [0.3, 0.4) is 0 Å². The summed E-state index contributed by atoms with van der Waals surface area (Å²) in [4.78, 5) is 13.4. The highest BCUT2D eigenvalue weighted by atomic mass is 32.1. The van der Waals surface area contributed by atoms with Crippen LogP contribution in [-0.2, 0) is 4.79 Å². The molecule has 1 heterocycles. The Morgan fingerprint density at radius 2 is 2.00 bits per heavy atom. The van der Waals surface area contributed by atoms with Crippen molar-refractivity contribution in [3.63, 3.8) is 0 Å². The first-order valence-corrected chi connectivity index (χ1v) is 8.73. The van der Waals surface area contributed by atoms with Gasteiger partial charge >= 0.3 is 0 Å². The fraction of sp³-hybridized carbons (Fsp3) is 0.316. The number of carbonyl (C=O) groups is 1. The molecule has 2 aromatic rings. The van der Waals surface area contributed by atoms with E-state index in [2.05, 4.69) is 25.2 Å². The fourth-order valence-corrected chi connectivity index (χ4v) is 3.20. The van der Waals surface area contributed by atoms with Crippen molar-refractivity contribution in [3.05, 3.63) is 58.3 Å². The summed E-state index contributed by atoms with van der Waals surface area (Å²) < 4.78 is 5.40. The minimum absolute atomic E-state index is 0.0486. The van der Waals surface area contributed by atoms with Crippen LogP contribution in [0.25, 0.3) is 6.08 Å². The van der Waals surface area contributed by atoms with Crippen LogP contribution in [0.15, 0.2) is 47.9 Å². The van der Waals surface area contributed by atoms with Gasteiger partial charge in [-0.25, -0.2) is 0 Å². The van der Waals surface area contributed by atoms with Crippen LogP contribution >= 0.6 is 11.3 Å². The van der Waals surface area contributed by atoms with Gasteiger partial charge in [0, 0.05) is 11.0 Å². The van der Waals surface area contributed by atoms with Crippen molar-refractivity contribution in [1.29, 1.82) is 0 Å². The third-order valence-corrected chi connectivity index (χ3v) is 4.39. The van der Waals surface area contributed by atoms with E-state index in [1.165, 1.54) is 4.88 Å². The van der Waals surface area contributed by atoms with E-state index in [9.17, 15) is 4.79 Å². The molecular weight excluding hydrogens is 306 g/mol. The predicted octanol–water partition coefficient (Wildman–Crippen LogP) is 4.67. The van der Waals surface area contributed by atoms with Gasteiger partial charge in [-0.3, -0.25) is 4.79 Å². The molecule has 1 N–H and O–H groups in total. The molecule has 0 fully saturated rings. The number of nitrogens with one attached hydrogen (secondary N) is 1. The number of carbonyl (C=O) groups excluding carboxylic acids is 1. The molecule has 23 heavy (non-hydrogen) atoms. The van der Waals surface area contributed by atoms with Crippen molar-refractivity contribution >= 4 is 23.3 Å². The molecule has 0 saturated carbocycles. The molecule has 0 bridgehead atoms. The van der Waals surface area contributed by atoms with Gasteiger partial charge in [0.05, 0.1) is 12.6 Å². The second kappa shape index (κ2) is 8.53. The highest BCUT2D eigenvalue weighted by Gasteiger charge is 2.17. The number of hydrogen-bond donors (Lipinski definition) is 1. The summed E-state index contributed by atoms with van der Waals surface area (Å²) in [6.07, 6.45) is 3.40. The number of ether oxygens (including phenoxy) is 1. The van der Waals surface area contributed by atoms with Crippen LogP contribution in [0, 0.1) is 5.92 Å². The quantitative estimate of drug-likeness (QED) is 0.749. The molecule has 1 amide bonds. The van der Waals surface area contributed by atoms with Crippen LogP contribution < -0.4 is 10.1 Å². The smallest absolute Gasteiger partial charge is 0.244 e. The fourth-order valence-electron chi connectivity index (χ4n) is 2.25. The number of hydrogen-bond acceptors (Lipinski definition) is 3. The van der Waals surface area contributed by atoms with Gasteiger partial charge in [-0.2, -0.15) is 0 Å². The van der Waals surface area contributed by atoms with Crippen molar-refractivity contribution in [3.8, 4) is 5.75 Å². The Balaban J connectivity index is 1.97. The largest absolute Gasteiger partial charge is 0.494 e. The lowest BCUT2D eigenvalue weighted by Gasteiger charge is -2.20. The van der Waals surface area contributed by atoms with Gasteiger partial charge < -0.3 is 10.1 Å². The number of thiophene rings is 1. The molecule has 0 saturated heterocycles. The lowest BCUT2D eigenvalue weighted by Crippen LogP contribution is -2.29. The van der Waals surface area contributed by atoms with Gasteiger partial charge in [0.25, 0.3) is 0 Å². The third-order valence-electron chi connectivity index (χ3n) is 3.43. The zero-order chi connectivity index (χ0) is 16.7. The van der Waals surface area contributed by atoms with E-state index < -0.39 is 0 Å².